The minimum absolute atomic E-state index is 0.00669. The molecule has 0 radical (unpaired) electrons. The molecule has 260 valence electrons. The van der Waals surface area contributed by atoms with Gasteiger partial charge in [-0.15, -0.1) is 0 Å². The first-order valence-electron chi connectivity index (χ1n) is 17.2. The number of nitrogens with zero attached hydrogens (tertiary/aromatic N) is 7. The first-order chi connectivity index (χ1) is 23.4. The summed E-state index contributed by atoms with van der Waals surface area (Å²) in [6.45, 7) is 25.2. The van der Waals surface area contributed by atoms with E-state index in [2.05, 4.69) is 141 Å². The summed E-state index contributed by atoms with van der Waals surface area (Å²) in [6.07, 6.45) is 4.70. The summed E-state index contributed by atoms with van der Waals surface area (Å²) in [5.74, 6) is 1.74. The summed E-state index contributed by atoms with van der Waals surface area (Å²) in [4.78, 5) is 21.6. The third-order valence-electron chi connectivity index (χ3n) is 10.2. The molecule has 2 aromatic heterocycles. The topological polar surface area (TPSA) is 72.1 Å². The van der Waals surface area contributed by atoms with Crippen LogP contribution < -0.4 is 26.0 Å². The lowest BCUT2D eigenvalue weighted by Crippen LogP contribution is -2.54. The first kappa shape index (κ1) is 35.6. The van der Waals surface area contributed by atoms with Gasteiger partial charge in [0.1, 0.15) is 12.0 Å². The van der Waals surface area contributed by atoms with Gasteiger partial charge in [0, 0.05) is 61.8 Å². The minimum atomic E-state index is -0.308. The predicted molar refractivity (Wildman–Crippen MR) is 211 cm³/mol. The zero-order chi connectivity index (χ0) is 34.9. The summed E-state index contributed by atoms with van der Waals surface area (Å²) in [7, 11) is 1.87. The number of fused-ring (bicyclic) bond motifs is 3. The molecule has 3 atom stereocenters. The van der Waals surface area contributed by atoms with Crippen LogP contribution in [0.3, 0.4) is 0 Å². The summed E-state index contributed by atoms with van der Waals surface area (Å²) in [5, 5.41) is 3.56. The van der Waals surface area contributed by atoms with Gasteiger partial charge in [-0.1, -0.05) is 39.9 Å². The van der Waals surface area contributed by atoms with Gasteiger partial charge in [-0.2, -0.15) is 0 Å². The van der Waals surface area contributed by atoms with Crippen molar-refractivity contribution >= 4 is 56.6 Å². The fourth-order valence-electron chi connectivity index (χ4n) is 7.10. The second kappa shape index (κ2) is 14.6. The summed E-state index contributed by atoms with van der Waals surface area (Å²) < 4.78 is 8.44. The number of hydrogen-bond acceptors (Lipinski definition) is 8. The monoisotopic (exact) mass is 699 g/mol. The van der Waals surface area contributed by atoms with Crippen molar-refractivity contribution in [3.05, 3.63) is 78.6 Å². The molecule has 9 nitrogen and oxygen atoms in total. The number of nitrogens with one attached hydrogen (secondary N) is 1. The highest BCUT2D eigenvalue weighted by atomic mass is 31.1. The lowest BCUT2D eigenvalue weighted by atomic mass is 9.73. The quantitative estimate of drug-likeness (QED) is 0.281. The molecule has 0 saturated carbocycles. The van der Waals surface area contributed by atoms with Gasteiger partial charge in [0.15, 0.2) is 6.17 Å². The van der Waals surface area contributed by atoms with Crippen LogP contribution in [0.5, 0.6) is 0 Å². The van der Waals surface area contributed by atoms with Gasteiger partial charge >= 0.3 is 5.96 Å². The molecule has 0 bridgehead atoms. The number of hydrogen-bond donors (Lipinski definition) is 1. The van der Waals surface area contributed by atoms with Crippen molar-refractivity contribution in [2.45, 2.75) is 45.0 Å². The molecule has 0 spiro atoms. The van der Waals surface area contributed by atoms with Gasteiger partial charge in [0.25, 0.3) is 0 Å². The number of aromatic nitrogens is 2. The van der Waals surface area contributed by atoms with Crippen molar-refractivity contribution in [2.24, 2.45) is 10.4 Å². The van der Waals surface area contributed by atoms with Gasteiger partial charge in [0.05, 0.1) is 28.8 Å². The smallest absolute Gasteiger partial charge is 0.375 e. The van der Waals surface area contributed by atoms with Crippen molar-refractivity contribution in [3.63, 3.8) is 0 Å². The van der Waals surface area contributed by atoms with E-state index >= 15 is 0 Å². The number of anilines is 3. The Kier molecular flexibility index (Phi) is 10.6. The second-order valence-corrected chi connectivity index (χ2v) is 19.3. The standard InChI is InChI=1S/C31H43N7OP.C7H10NP/c1-30(2)19-25-31(3,21-39-30)24-20-32-29(33-22-11-13-23(14-12-22)37-17-15-35(4)16-18-37)36(5)28(24)38(25)26-9-8-10-27(34-26)40(6)7;1-9(2)7-5-3-4-6-8-7/h8-14,20,25,28H,5,15-19,21H2,1-4,6-7H3,(H,32,33);3-6H,1-2H3/q+1;/t25?,28?,31-;/m1./s1. The van der Waals surface area contributed by atoms with Crippen LogP contribution in [0.1, 0.15) is 27.2 Å². The van der Waals surface area contributed by atoms with Gasteiger partial charge in [-0.3, -0.25) is 4.98 Å². The zero-order valence-electron chi connectivity index (χ0n) is 30.5. The SMILES string of the molecule is C=[N+]1C(Nc2ccc(N3CCN(C)CC3)cc2)=NC=C2C1N(c1cccc(P(C)C)n1)C1CC(C)(C)OC[C@]21C.CP(C)c1ccccn1. The van der Waals surface area contributed by atoms with E-state index in [0.29, 0.717) is 6.61 Å². The Morgan fingerprint density at radius 1 is 0.898 bits per heavy atom. The van der Waals surface area contributed by atoms with Crippen molar-refractivity contribution in [1.29, 1.82) is 0 Å². The molecule has 3 fully saturated rings. The number of guanidine groups is 1. The highest BCUT2D eigenvalue weighted by Crippen LogP contribution is 2.53. The van der Waals surface area contributed by atoms with Crippen LogP contribution in [0.25, 0.3) is 0 Å². The molecule has 1 aromatic carbocycles. The summed E-state index contributed by atoms with van der Waals surface area (Å²) >= 11 is 0. The fourth-order valence-corrected chi connectivity index (χ4v) is 8.47. The van der Waals surface area contributed by atoms with Crippen LogP contribution in [-0.4, -0.2) is 116 Å². The molecule has 0 aliphatic carbocycles. The highest BCUT2D eigenvalue weighted by molar-refractivity contribution is 7.64. The third-order valence-corrected chi connectivity index (χ3v) is 12.5. The number of ether oxygens (including phenoxy) is 1. The molecule has 0 amide bonds. The molecule has 6 heterocycles. The maximum Gasteiger partial charge on any atom is 0.397 e. The van der Waals surface area contributed by atoms with Gasteiger partial charge in [0.2, 0.25) is 0 Å². The Morgan fingerprint density at radius 3 is 2.22 bits per heavy atom. The van der Waals surface area contributed by atoms with E-state index in [1.165, 1.54) is 16.7 Å². The molecular weight excluding hydrogens is 646 g/mol. The van der Waals surface area contributed by atoms with E-state index in [1.54, 1.807) is 0 Å². The van der Waals surface area contributed by atoms with Crippen LogP contribution in [0.15, 0.2) is 83.6 Å². The van der Waals surface area contributed by atoms with Gasteiger partial charge in [-0.05, 0) is 103 Å². The van der Waals surface area contributed by atoms with Crippen LogP contribution in [0, 0.1) is 5.41 Å². The molecule has 4 aliphatic rings. The van der Waals surface area contributed by atoms with Crippen molar-refractivity contribution in [3.8, 4) is 0 Å². The predicted octanol–water partition coefficient (Wildman–Crippen LogP) is 5.45. The maximum absolute atomic E-state index is 6.41. The molecule has 4 aliphatic heterocycles. The largest absolute Gasteiger partial charge is 0.397 e. The van der Waals surface area contributed by atoms with Crippen molar-refractivity contribution < 1.29 is 9.31 Å². The lowest BCUT2D eigenvalue weighted by Gasteiger charge is -2.46. The van der Waals surface area contributed by atoms with Crippen molar-refractivity contribution in [2.75, 3.05) is 81.6 Å². The van der Waals surface area contributed by atoms with Crippen LogP contribution in [0.2, 0.25) is 0 Å². The molecule has 3 aromatic rings. The molecular formula is C38H53N8OP2+. The average Bonchev–Trinajstić information content (AvgIpc) is 3.35. The Morgan fingerprint density at radius 2 is 1.59 bits per heavy atom. The number of pyridine rings is 2. The fraction of sp³-hybridized carbons (Fsp3) is 0.474. The van der Waals surface area contributed by atoms with Crippen LogP contribution in [-0.2, 0) is 4.74 Å². The molecule has 7 rings (SSSR count). The Balaban J connectivity index is 0.000000403. The Labute approximate surface area is 295 Å². The third kappa shape index (κ3) is 7.61. The van der Waals surface area contributed by atoms with E-state index in [-0.39, 0.29) is 39.1 Å². The Bertz CT molecular complexity index is 1690. The molecule has 2 unspecified atom stereocenters. The molecule has 49 heavy (non-hydrogen) atoms. The van der Waals surface area contributed by atoms with Crippen LogP contribution >= 0.6 is 15.8 Å². The maximum atomic E-state index is 6.41. The highest BCUT2D eigenvalue weighted by Gasteiger charge is 2.61. The first-order valence-corrected chi connectivity index (χ1v) is 21.7. The molecule has 11 heteroatoms. The second-order valence-electron chi connectivity index (χ2n) is 14.8. The number of benzene rings is 1. The Hall–Kier alpha value is -3.22. The number of piperazine rings is 1. The lowest BCUT2D eigenvalue weighted by molar-refractivity contribution is -0.433. The van der Waals surface area contributed by atoms with Gasteiger partial charge < -0.3 is 19.4 Å². The zero-order valence-corrected chi connectivity index (χ0v) is 32.3. The number of rotatable bonds is 5. The van der Waals surface area contributed by atoms with E-state index < -0.39 is 0 Å². The van der Waals surface area contributed by atoms with Crippen LogP contribution in [0.4, 0.5) is 17.2 Å². The minimum Gasteiger partial charge on any atom is -0.375 e. The van der Waals surface area contributed by atoms with E-state index in [0.717, 1.165) is 55.5 Å². The van der Waals surface area contributed by atoms with E-state index in [9.17, 15) is 0 Å². The van der Waals surface area contributed by atoms with Gasteiger partial charge in [-0.25, -0.2) is 14.9 Å². The van der Waals surface area contributed by atoms with E-state index in [4.69, 9.17) is 14.7 Å². The average molecular weight is 700 g/mol. The van der Waals surface area contributed by atoms with Crippen molar-refractivity contribution in [1.82, 2.24) is 14.9 Å². The number of likely N-dealkylation sites (N-methyl/N-ethyl adjacent to an activating group) is 1. The number of aliphatic imine (C=N–C) groups is 1. The summed E-state index contributed by atoms with van der Waals surface area (Å²) in [6, 6.07) is 21.4. The normalized spacial score (nSPS) is 24.9. The molecule has 1 N–H and O–H groups in total. The summed E-state index contributed by atoms with van der Waals surface area (Å²) in [5.41, 5.74) is 5.50. The molecule has 3 saturated heterocycles. The van der Waals surface area contributed by atoms with E-state index in [1.807, 2.05) is 22.9 Å².